The monoisotopic (exact) mass is 225 g/mol. The summed E-state index contributed by atoms with van der Waals surface area (Å²) in [5, 5.41) is 0.487. The fourth-order valence-electron chi connectivity index (χ4n) is 1.21. The van der Waals surface area contributed by atoms with Crippen LogP contribution in [0.4, 0.5) is 0 Å². The molecule has 1 atom stereocenters. The molecular formula is C10H8ClNOS. The zero-order chi connectivity index (χ0) is 10.1. The van der Waals surface area contributed by atoms with Gasteiger partial charge in [0.25, 0.3) is 0 Å². The first-order chi connectivity index (χ1) is 6.70. The predicted molar refractivity (Wildman–Crippen MR) is 59.1 cm³/mol. The number of hydrogen-bond acceptors (Lipinski definition) is 3. The van der Waals surface area contributed by atoms with Crippen molar-refractivity contribution in [2.75, 3.05) is 0 Å². The molecule has 72 valence electrons. The molecule has 0 aliphatic carbocycles. The smallest absolute Gasteiger partial charge is 0.129 e. The Hall–Kier alpha value is -0.930. The summed E-state index contributed by atoms with van der Waals surface area (Å²) in [6.45, 7) is 1.87. The van der Waals surface area contributed by atoms with Crippen LogP contribution in [0, 0.1) is 0 Å². The van der Waals surface area contributed by atoms with Crippen molar-refractivity contribution in [2.24, 2.45) is 0 Å². The van der Waals surface area contributed by atoms with Crippen LogP contribution in [0.1, 0.15) is 17.7 Å². The number of aldehydes is 1. The van der Waals surface area contributed by atoms with Gasteiger partial charge in [0.1, 0.15) is 11.4 Å². The van der Waals surface area contributed by atoms with Gasteiger partial charge in [-0.2, -0.15) is 0 Å². The van der Waals surface area contributed by atoms with E-state index in [-0.39, 0.29) is 5.92 Å². The van der Waals surface area contributed by atoms with Crippen LogP contribution in [0.5, 0.6) is 0 Å². The highest BCUT2D eigenvalue weighted by Crippen LogP contribution is 2.29. The molecule has 0 spiro atoms. The number of nitrogens with zero attached hydrogens (tertiary/aromatic N) is 1. The zero-order valence-electron chi connectivity index (χ0n) is 7.53. The Morgan fingerprint density at radius 2 is 2.36 bits per heavy atom. The zero-order valence-corrected chi connectivity index (χ0v) is 9.10. The van der Waals surface area contributed by atoms with Gasteiger partial charge in [0.15, 0.2) is 0 Å². The van der Waals surface area contributed by atoms with E-state index >= 15 is 0 Å². The first kappa shape index (κ1) is 9.62. The second kappa shape index (κ2) is 3.67. The minimum atomic E-state index is -0.0621. The highest BCUT2D eigenvalue weighted by atomic mass is 35.5. The third-order valence-electron chi connectivity index (χ3n) is 2.01. The molecule has 0 amide bonds. The summed E-state index contributed by atoms with van der Waals surface area (Å²) in [6, 6.07) is 5.61. The maximum atomic E-state index is 10.6. The highest BCUT2D eigenvalue weighted by Gasteiger charge is 2.09. The van der Waals surface area contributed by atoms with Crippen LogP contribution in [-0.2, 0) is 4.79 Å². The molecule has 0 aliphatic heterocycles. The topological polar surface area (TPSA) is 30.0 Å². The number of thiophene rings is 1. The van der Waals surface area contributed by atoms with Crippen molar-refractivity contribution in [3.05, 3.63) is 28.2 Å². The molecule has 14 heavy (non-hydrogen) atoms. The molecule has 0 saturated carbocycles. The summed E-state index contributed by atoms with van der Waals surface area (Å²) in [5.74, 6) is -0.0621. The fraction of sp³-hybridized carbons (Fsp3) is 0.200. The summed E-state index contributed by atoms with van der Waals surface area (Å²) in [6.07, 6.45) is 0.937. The predicted octanol–water partition coefficient (Wildman–Crippen LogP) is 3.25. The van der Waals surface area contributed by atoms with Crippen LogP contribution >= 0.6 is 22.9 Å². The molecule has 0 bridgehead atoms. The summed E-state index contributed by atoms with van der Waals surface area (Å²) >= 11 is 7.35. The van der Waals surface area contributed by atoms with Crippen LogP contribution in [0.25, 0.3) is 10.2 Å². The quantitative estimate of drug-likeness (QED) is 0.580. The van der Waals surface area contributed by atoms with Crippen molar-refractivity contribution in [3.63, 3.8) is 0 Å². The summed E-state index contributed by atoms with van der Waals surface area (Å²) in [5.41, 5.74) is 0.867. The van der Waals surface area contributed by atoms with E-state index in [0.717, 1.165) is 21.4 Å². The van der Waals surface area contributed by atoms with Crippen LogP contribution in [0.2, 0.25) is 5.15 Å². The minimum absolute atomic E-state index is 0.0621. The number of fused-ring (bicyclic) bond motifs is 1. The Kier molecular flexibility index (Phi) is 2.52. The molecule has 2 nitrogen and oxygen atoms in total. The third-order valence-corrected chi connectivity index (χ3v) is 3.51. The average molecular weight is 226 g/mol. The molecule has 4 heteroatoms. The fourth-order valence-corrected chi connectivity index (χ4v) is 2.37. The molecule has 2 aromatic rings. The minimum Gasteiger partial charge on any atom is -0.303 e. The lowest BCUT2D eigenvalue weighted by molar-refractivity contribution is -0.108. The molecule has 2 aromatic heterocycles. The number of pyridine rings is 1. The van der Waals surface area contributed by atoms with E-state index in [0.29, 0.717) is 5.15 Å². The van der Waals surface area contributed by atoms with E-state index in [4.69, 9.17) is 11.6 Å². The summed E-state index contributed by atoms with van der Waals surface area (Å²) < 4.78 is 1.07. The van der Waals surface area contributed by atoms with E-state index in [2.05, 4.69) is 4.98 Å². The van der Waals surface area contributed by atoms with E-state index < -0.39 is 0 Å². The Labute approximate surface area is 90.5 Å². The maximum Gasteiger partial charge on any atom is 0.129 e. The largest absolute Gasteiger partial charge is 0.303 e. The van der Waals surface area contributed by atoms with Crippen LogP contribution in [0.3, 0.4) is 0 Å². The molecule has 0 aliphatic rings. The standard InChI is InChI=1S/C10H8ClNOS/c1-6(5-13)9-4-7-8(14-9)2-3-10(11)12-7/h2-6H,1H3. The molecule has 0 saturated heterocycles. The van der Waals surface area contributed by atoms with Crippen LogP contribution in [0.15, 0.2) is 18.2 Å². The lowest BCUT2D eigenvalue weighted by Crippen LogP contribution is -1.88. The molecule has 0 radical (unpaired) electrons. The number of halogens is 1. The molecule has 0 N–H and O–H groups in total. The van der Waals surface area contributed by atoms with Crippen LogP contribution < -0.4 is 0 Å². The number of aromatic nitrogens is 1. The SMILES string of the molecule is CC(C=O)c1cc2nc(Cl)ccc2s1. The first-order valence-corrected chi connectivity index (χ1v) is 5.41. The van der Waals surface area contributed by atoms with Gasteiger partial charge >= 0.3 is 0 Å². The molecule has 1 unspecified atom stereocenters. The highest BCUT2D eigenvalue weighted by molar-refractivity contribution is 7.19. The lowest BCUT2D eigenvalue weighted by Gasteiger charge is -1.94. The third kappa shape index (κ3) is 1.65. The average Bonchev–Trinajstić information content (AvgIpc) is 2.59. The van der Waals surface area contributed by atoms with E-state index in [1.54, 1.807) is 17.4 Å². The van der Waals surface area contributed by atoms with Crippen molar-refractivity contribution in [1.82, 2.24) is 4.98 Å². The van der Waals surface area contributed by atoms with Crippen molar-refractivity contribution < 1.29 is 4.79 Å². The Balaban J connectivity index is 2.56. The number of rotatable bonds is 2. The normalized spacial score (nSPS) is 13.0. The molecule has 2 rings (SSSR count). The van der Waals surface area contributed by atoms with Gasteiger partial charge < -0.3 is 4.79 Å². The van der Waals surface area contributed by atoms with Gasteiger partial charge in [-0.3, -0.25) is 0 Å². The summed E-state index contributed by atoms with van der Waals surface area (Å²) in [7, 11) is 0. The molecule has 0 aromatic carbocycles. The Morgan fingerprint density at radius 1 is 1.57 bits per heavy atom. The number of carbonyl (C=O) groups is 1. The van der Waals surface area contributed by atoms with Gasteiger partial charge in [-0.05, 0) is 18.2 Å². The van der Waals surface area contributed by atoms with Gasteiger partial charge in [0, 0.05) is 10.8 Å². The lowest BCUT2D eigenvalue weighted by atomic mass is 10.2. The Morgan fingerprint density at radius 3 is 3.07 bits per heavy atom. The van der Waals surface area contributed by atoms with Gasteiger partial charge in [-0.15, -0.1) is 11.3 Å². The van der Waals surface area contributed by atoms with Gasteiger partial charge in [0.2, 0.25) is 0 Å². The molecule has 0 fully saturated rings. The number of carbonyl (C=O) groups excluding carboxylic acids is 1. The number of hydrogen-bond donors (Lipinski definition) is 0. The van der Waals surface area contributed by atoms with Crippen molar-refractivity contribution in [3.8, 4) is 0 Å². The van der Waals surface area contributed by atoms with Gasteiger partial charge in [-0.1, -0.05) is 18.5 Å². The van der Waals surface area contributed by atoms with Gasteiger partial charge in [0.05, 0.1) is 10.2 Å². The first-order valence-electron chi connectivity index (χ1n) is 4.22. The van der Waals surface area contributed by atoms with Crippen molar-refractivity contribution >= 4 is 39.4 Å². The maximum absolute atomic E-state index is 10.6. The Bertz CT molecular complexity index is 480. The van der Waals surface area contributed by atoms with Crippen LogP contribution in [-0.4, -0.2) is 11.3 Å². The second-order valence-electron chi connectivity index (χ2n) is 3.09. The summed E-state index contributed by atoms with van der Waals surface area (Å²) in [4.78, 5) is 15.8. The van der Waals surface area contributed by atoms with E-state index in [1.165, 1.54) is 0 Å². The van der Waals surface area contributed by atoms with Gasteiger partial charge in [-0.25, -0.2) is 4.98 Å². The molecule has 2 heterocycles. The van der Waals surface area contributed by atoms with Crippen molar-refractivity contribution in [2.45, 2.75) is 12.8 Å². The van der Waals surface area contributed by atoms with Crippen molar-refractivity contribution in [1.29, 1.82) is 0 Å². The van der Waals surface area contributed by atoms with E-state index in [1.807, 2.05) is 19.1 Å². The molecular weight excluding hydrogens is 218 g/mol. The second-order valence-corrected chi connectivity index (χ2v) is 4.59. The van der Waals surface area contributed by atoms with E-state index in [9.17, 15) is 4.79 Å².